The molecule has 2 saturated heterocycles. The third kappa shape index (κ3) is 4.47. The SMILES string of the molecule is CC(=O)O[C@@H]1O[C@H]([C@H]2CN(C(C)=O)C(=S)O2)[C@H](OC(C)=O)[C@@H]1OC(C)=O. The molecule has 11 heteroatoms. The van der Waals surface area contributed by atoms with Gasteiger partial charge in [-0.05, 0) is 12.2 Å². The molecule has 26 heavy (non-hydrogen) atoms. The lowest BCUT2D eigenvalue weighted by Crippen LogP contribution is -2.45. The van der Waals surface area contributed by atoms with E-state index in [1.807, 2.05) is 0 Å². The molecule has 0 aliphatic carbocycles. The highest BCUT2D eigenvalue weighted by atomic mass is 32.1. The van der Waals surface area contributed by atoms with Crippen LogP contribution in [0.25, 0.3) is 0 Å². The van der Waals surface area contributed by atoms with E-state index < -0.39 is 48.6 Å². The van der Waals surface area contributed by atoms with Gasteiger partial charge in [0, 0.05) is 27.7 Å². The van der Waals surface area contributed by atoms with Gasteiger partial charge in [-0.1, -0.05) is 0 Å². The van der Waals surface area contributed by atoms with Crippen molar-refractivity contribution in [1.82, 2.24) is 4.90 Å². The number of thiocarbonyl (C=S) groups is 1. The molecule has 0 N–H and O–H groups in total. The smallest absolute Gasteiger partial charge is 0.305 e. The van der Waals surface area contributed by atoms with Crippen LogP contribution >= 0.6 is 12.2 Å². The molecule has 0 saturated carbocycles. The second-order valence-corrected chi connectivity index (χ2v) is 6.13. The van der Waals surface area contributed by atoms with Gasteiger partial charge in [0.2, 0.25) is 18.3 Å². The molecule has 5 atom stereocenters. The molecular formula is C15H19NO9S. The first kappa shape index (κ1) is 20.0. The van der Waals surface area contributed by atoms with Gasteiger partial charge in [0.25, 0.3) is 5.17 Å². The lowest BCUT2D eigenvalue weighted by Gasteiger charge is -2.24. The molecule has 0 aromatic rings. The standard InChI is InChI=1S/C15H19NO9S/c1-6(17)16-5-10(24-15(16)26)11-12(21-7(2)18)13(22-8(3)19)14(25-11)23-9(4)20/h10-14H,5H2,1-4H3/t10-,11-,12+,13+,14-/m1/s1. The summed E-state index contributed by atoms with van der Waals surface area (Å²) in [5, 5.41) is -0.0485. The van der Waals surface area contributed by atoms with Gasteiger partial charge in [-0.2, -0.15) is 0 Å². The van der Waals surface area contributed by atoms with Crippen LogP contribution in [0.2, 0.25) is 0 Å². The van der Waals surface area contributed by atoms with E-state index in [2.05, 4.69) is 0 Å². The average molecular weight is 389 g/mol. The molecule has 2 heterocycles. The van der Waals surface area contributed by atoms with Gasteiger partial charge in [-0.25, -0.2) is 0 Å². The van der Waals surface area contributed by atoms with Crippen molar-refractivity contribution in [1.29, 1.82) is 0 Å². The van der Waals surface area contributed by atoms with Crippen molar-refractivity contribution in [3.63, 3.8) is 0 Å². The molecule has 0 unspecified atom stereocenters. The highest BCUT2D eigenvalue weighted by molar-refractivity contribution is 7.80. The maximum atomic E-state index is 11.6. The number of nitrogens with zero attached hydrogens (tertiary/aromatic N) is 1. The molecule has 1 amide bonds. The zero-order valence-corrected chi connectivity index (χ0v) is 15.4. The van der Waals surface area contributed by atoms with Crippen molar-refractivity contribution >= 4 is 41.2 Å². The maximum Gasteiger partial charge on any atom is 0.305 e. The molecule has 10 nitrogen and oxygen atoms in total. The van der Waals surface area contributed by atoms with E-state index in [1.165, 1.54) is 18.7 Å². The molecule has 2 aliphatic rings. The Hall–Kier alpha value is -2.27. The van der Waals surface area contributed by atoms with Crippen molar-refractivity contribution in [2.45, 2.75) is 58.4 Å². The van der Waals surface area contributed by atoms with Crippen molar-refractivity contribution in [2.24, 2.45) is 0 Å². The first-order valence-corrected chi connectivity index (χ1v) is 8.16. The number of hydrogen-bond acceptors (Lipinski definition) is 10. The number of amides is 1. The van der Waals surface area contributed by atoms with Crippen LogP contribution in [0.15, 0.2) is 0 Å². The van der Waals surface area contributed by atoms with Gasteiger partial charge in [0.05, 0.1) is 6.54 Å². The topological polar surface area (TPSA) is 118 Å². The van der Waals surface area contributed by atoms with Gasteiger partial charge in [0.15, 0.2) is 6.10 Å². The number of esters is 3. The largest absolute Gasteiger partial charge is 0.462 e. The quantitative estimate of drug-likeness (QED) is 0.359. The summed E-state index contributed by atoms with van der Waals surface area (Å²) < 4.78 is 26.5. The number of hydrogen-bond donors (Lipinski definition) is 0. The Labute approximate surface area is 154 Å². The third-order valence-corrected chi connectivity index (χ3v) is 3.99. The van der Waals surface area contributed by atoms with Gasteiger partial charge in [0.1, 0.15) is 12.2 Å². The monoisotopic (exact) mass is 389 g/mol. The van der Waals surface area contributed by atoms with E-state index in [4.69, 9.17) is 35.9 Å². The summed E-state index contributed by atoms with van der Waals surface area (Å²) in [6, 6.07) is 0. The molecular weight excluding hydrogens is 370 g/mol. The Bertz CT molecular complexity index is 637. The third-order valence-electron chi connectivity index (χ3n) is 3.67. The summed E-state index contributed by atoms with van der Waals surface area (Å²) in [5.41, 5.74) is 0. The highest BCUT2D eigenvalue weighted by Crippen LogP contribution is 2.33. The molecule has 144 valence electrons. The van der Waals surface area contributed by atoms with Crippen molar-refractivity contribution in [3.8, 4) is 0 Å². The summed E-state index contributed by atoms with van der Waals surface area (Å²) in [7, 11) is 0. The van der Waals surface area contributed by atoms with E-state index in [0.29, 0.717) is 0 Å². The van der Waals surface area contributed by atoms with Crippen molar-refractivity contribution < 1.29 is 42.9 Å². The van der Waals surface area contributed by atoms with Crippen LogP contribution in [0.3, 0.4) is 0 Å². The zero-order chi connectivity index (χ0) is 19.6. The minimum Gasteiger partial charge on any atom is -0.462 e. The van der Waals surface area contributed by atoms with Crippen LogP contribution < -0.4 is 0 Å². The molecule has 2 fully saturated rings. The lowest BCUT2D eigenvalue weighted by molar-refractivity contribution is -0.197. The minimum absolute atomic E-state index is 0.0485. The Morgan fingerprint density at radius 1 is 0.962 bits per heavy atom. The summed E-state index contributed by atoms with van der Waals surface area (Å²) in [5.74, 6) is -2.34. The van der Waals surface area contributed by atoms with E-state index in [1.54, 1.807) is 0 Å². The summed E-state index contributed by atoms with van der Waals surface area (Å²) in [4.78, 5) is 47.1. The van der Waals surface area contributed by atoms with Crippen molar-refractivity contribution in [3.05, 3.63) is 0 Å². The van der Waals surface area contributed by atoms with Gasteiger partial charge < -0.3 is 23.7 Å². The number of ether oxygens (including phenoxy) is 5. The first-order valence-electron chi connectivity index (χ1n) is 7.76. The maximum absolute atomic E-state index is 11.6. The molecule has 0 aromatic carbocycles. The predicted molar refractivity (Wildman–Crippen MR) is 86.4 cm³/mol. The van der Waals surface area contributed by atoms with Gasteiger partial charge in [-0.15, -0.1) is 0 Å². The van der Waals surface area contributed by atoms with E-state index in [-0.39, 0.29) is 17.6 Å². The van der Waals surface area contributed by atoms with Crippen LogP contribution in [0.1, 0.15) is 27.7 Å². The van der Waals surface area contributed by atoms with E-state index in [9.17, 15) is 19.2 Å². The average Bonchev–Trinajstić information content (AvgIpc) is 3.01. The Morgan fingerprint density at radius 2 is 1.50 bits per heavy atom. The van der Waals surface area contributed by atoms with Gasteiger partial charge in [-0.3, -0.25) is 24.1 Å². The fraction of sp³-hybridized carbons (Fsp3) is 0.667. The molecule has 0 aromatic heterocycles. The summed E-state index contributed by atoms with van der Waals surface area (Å²) in [6.45, 7) is 4.85. The predicted octanol–water partition coefficient (Wildman–Crippen LogP) is -0.330. The van der Waals surface area contributed by atoms with Gasteiger partial charge >= 0.3 is 17.9 Å². The number of carbonyl (C=O) groups is 4. The highest BCUT2D eigenvalue weighted by Gasteiger charge is 2.56. The fourth-order valence-electron chi connectivity index (χ4n) is 2.76. The first-order chi connectivity index (χ1) is 12.1. The van der Waals surface area contributed by atoms with Crippen LogP contribution in [0, 0.1) is 0 Å². The number of carbonyl (C=O) groups excluding carboxylic acids is 4. The lowest BCUT2D eigenvalue weighted by atomic mass is 10.1. The Kier molecular flexibility index (Phi) is 6.13. The normalized spacial score (nSPS) is 30.5. The van der Waals surface area contributed by atoms with E-state index in [0.717, 1.165) is 13.8 Å². The molecule has 2 aliphatic heterocycles. The second kappa shape index (κ2) is 7.96. The molecule has 0 bridgehead atoms. The Balaban J connectivity index is 2.28. The second-order valence-electron chi connectivity index (χ2n) is 5.78. The molecule has 2 rings (SSSR count). The summed E-state index contributed by atoms with van der Waals surface area (Å²) >= 11 is 5.00. The van der Waals surface area contributed by atoms with Crippen molar-refractivity contribution in [2.75, 3.05) is 6.54 Å². The fourth-order valence-corrected chi connectivity index (χ4v) is 3.09. The molecule has 0 radical (unpaired) electrons. The van der Waals surface area contributed by atoms with Crippen LogP contribution in [0.4, 0.5) is 0 Å². The van der Waals surface area contributed by atoms with Crippen LogP contribution in [-0.4, -0.2) is 71.1 Å². The summed E-state index contributed by atoms with van der Waals surface area (Å²) in [6.07, 6.45) is -5.37. The van der Waals surface area contributed by atoms with Crippen LogP contribution in [0.5, 0.6) is 0 Å². The van der Waals surface area contributed by atoms with E-state index >= 15 is 0 Å². The van der Waals surface area contributed by atoms with Crippen LogP contribution in [-0.2, 0) is 42.9 Å². The number of rotatable bonds is 4. The zero-order valence-electron chi connectivity index (χ0n) is 14.6. The Morgan fingerprint density at radius 3 is 1.96 bits per heavy atom. The molecule has 0 spiro atoms. The minimum atomic E-state index is -1.30.